The first-order chi connectivity index (χ1) is 8.92. The average molecular weight is 304 g/mol. The van der Waals surface area contributed by atoms with Gasteiger partial charge in [0.1, 0.15) is 6.54 Å². The van der Waals surface area contributed by atoms with Crippen molar-refractivity contribution in [3.8, 4) is 0 Å². The Hall–Kier alpha value is -1.44. The van der Waals surface area contributed by atoms with Gasteiger partial charge in [-0.2, -0.15) is 0 Å². The third-order valence-electron chi connectivity index (χ3n) is 3.38. The number of sulfonamides is 1. The van der Waals surface area contributed by atoms with Crippen molar-refractivity contribution in [1.82, 2.24) is 9.62 Å². The molecule has 114 valence electrons. The molecule has 1 N–H and O–H groups in total. The Bertz CT molecular complexity index is 550. The summed E-state index contributed by atoms with van der Waals surface area (Å²) in [5.41, 5.74) is 0. The van der Waals surface area contributed by atoms with Gasteiger partial charge in [-0.25, -0.2) is 12.7 Å². The van der Waals surface area contributed by atoms with Crippen molar-refractivity contribution in [2.24, 2.45) is 5.92 Å². The summed E-state index contributed by atoms with van der Waals surface area (Å²) >= 11 is 0. The van der Waals surface area contributed by atoms with Crippen LogP contribution in [0, 0.1) is 5.92 Å². The van der Waals surface area contributed by atoms with E-state index in [0.29, 0.717) is 4.31 Å². The van der Waals surface area contributed by atoms with E-state index >= 15 is 0 Å². The molecule has 20 heavy (non-hydrogen) atoms. The van der Waals surface area contributed by atoms with E-state index in [1.54, 1.807) is 13.8 Å². The van der Waals surface area contributed by atoms with Gasteiger partial charge in [0, 0.05) is 0 Å². The van der Waals surface area contributed by atoms with Crippen molar-refractivity contribution in [3.05, 3.63) is 0 Å². The lowest BCUT2D eigenvalue weighted by atomic mass is 10.0. The maximum absolute atomic E-state index is 11.8. The zero-order valence-electron chi connectivity index (χ0n) is 12.3. The van der Waals surface area contributed by atoms with Crippen LogP contribution in [0.1, 0.15) is 34.6 Å². The van der Waals surface area contributed by atoms with Gasteiger partial charge in [-0.15, -0.1) is 0 Å². The second-order valence-corrected chi connectivity index (χ2v) is 8.14. The summed E-state index contributed by atoms with van der Waals surface area (Å²) in [5, 5.41) is 2.45. The molecule has 0 spiro atoms. The molecule has 0 aromatic carbocycles. The topological polar surface area (TPSA) is 101 Å². The predicted octanol–water partition coefficient (Wildman–Crippen LogP) is -0.333. The summed E-state index contributed by atoms with van der Waals surface area (Å²) in [5.74, 6) is -1.61. The van der Waals surface area contributed by atoms with E-state index in [1.165, 1.54) is 20.8 Å². The highest BCUT2D eigenvalue weighted by Gasteiger charge is 2.60. The van der Waals surface area contributed by atoms with E-state index < -0.39 is 39.2 Å². The minimum absolute atomic E-state index is 0.114. The molecule has 1 fully saturated rings. The second kappa shape index (κ2) is 5.16. The first kappa shape index (κ1) is 16.6. The van der Waals surface area contributed by atoms with Gasteiger partial charge < -0.3 is 5.32 Å². The normalized spacial score (nSPS) is 21.3. The van der Waals surface area contributed by atoms with Crippen LogP contribution >= 0.6 is 0 Å². The van der Waals surface area contributed by atoms with Crippen molar-refractivity contribution in [2.75, 3.05) is 6.54 Å². The first-order valence-corrected chi connectivity index (χ1v) is 7.73. The third-order valence-corrected chi connectivity index (χ3v) is 5.72. The molecular formula is C12H20N2O5S. The van der Waals surface area contributed by atoms with Crippen molar-refractivity contribution in [2.45, 2.75) is 45.4 Å². The van der Waals surface area contributed by atoms with E-state index in [1.807, 2.05) is 0 Å². The lowest BCUT2D eigenvalue weighted by molar-refractivity contribution is -0.136. The van der Waals surface area contributed by atoms with E-state index in [0.717, 1.165) is 0 Å². The van der Waals surface area contributed by atoms with Gasteiger partial charge in [0.15, 0.2) is 10.5 Å². The van der Waals surface area contributed by atoms with Crippen LogP contribution in [0.15, 0.2) is 0 Å². The summed E-state index contributed by atoms with van der Waals surface area (Å²) < 4.78 is 22.7. The predicted molar refractivity (Wildman–Crippen MR) is 72.2 cm³/mol. The Kier molecular flexibility index (Phi) is 4.28. The number of hydrogen-bond donors (Lipinski definition) is 1. The maximum atomic E-state index is 11.8. The smallest absolute Gasteiger partial charge is 0.259 e. The van der Waals surface area contributed by atoms with Gasteiger partial charge >= 0.3 is 0 Å². The Morgan fingerprint density at radius 3 is 2.15 bits per heavy atom. The molecule has 1 aliphatic heterocycles. The molecule has 7 nitrogen and oxygen atoms in total. The summed E-state index contributed by atoms with van der Waals surface area (Å²) in [6.07, 6.45) is 0. The molecule has 1 unspecified atom stereocenters. The number of carbonyl (C=O) groups is 3. The molecule has 1 aliphatic rings. The van der Waals surface area contributed by atoms with Crippen LogP contribution in [0.3, 0.4) is 0 Å². The first-order valence-electron chi connectivity index (χ1n) is 6.29. The lowest BCUT2D eigenvalue weighted by Gasteiger charge is -2.42. The molecule has 0 bridgehead atoms. The van der Waals surface area contributed by atoms with E-state index in [4.69, 9.17) is 0 Å². The van der Waals surface area contributed by atoms with Gasteiger partial charge in [-0.3, -0.25) is 14.4 Å². The number of rotatable bonds is 5. The van der Waals surface area contributed by atoms with Gasteiger partial charge in [0.2, 0.25) is 5.91 Å². The zero-order chi connectivity index (χ0) is 15.9. The standard InChI is InChI=1S/C12H20N2O5S/c1-7(2)10(8(3)15)13-9(16)6-14-11(17)12(4,5)20(14,18)19/h7,10H,6H2,1-5H3,(H,13,16). The molecule has 0 saturated carbocycles. The monoisotopic (exact) mass is 304 g/mol. The van der Waals surface area contributed by atoms with Crippen LogP contribution in [0.25, 0.3) is 0 Å². The Morgan fingerprint density at radius 2 is 1.80 bits per heavy atom. The van der Waals surface area contributed by atoms with Crippen LogP contribution in [-0.4, -0.2) is 47.7 Å². The fraction of sp³-hybridized carbons (Fsp3) is 0.750. The third kappa shape index (κ3) is 2.56. The maximum Gasteiger partial charge on any atom is 0.259 e. The van der Waals surface area contributed by atoms with Crippen LogP contribution < -0.4 is 5.32 Å². The second-order valence-electron chi connectivity index (χ2n) is 5.73. The summed E-state index contributed by atoms with van der Waals surface area (Å²) in [7, 11) is -3.78. The molecular weight excluding hydrogens is 284 g/mol. The number of amides is 2. The van der Waals surface area contributed by atoms with Crippen LogP contribution in [0.5, 0.6) is 0 Å². The fourth-order valence-electron chi connectivity index (χ4n) is 2.00. The highest BCUT2D eigenvalue weighted by atomic mass is 32.2. The van der Waals surface area contributed by atoms with Crippen LogP contribution in [0.4, 0.5) is 0 Å². The number of Topliss-reactive ketones (excluding diaryl/α,β-unsaturated/α-hetero) is 1. The number of nitrogens with zero attached hydrogens (tertiary/aromatic N) is 1. The highest BCUT2D eigenvalue weighted by molar-refractivity contribution is 7.94. The highest BCUT2D eigenvalue weighted by Crippen LogP contribution is 2.34. The van der Waals surface area contributed by atoms with Crippen LogP contribution in [0.2, 0.25) is 0 Å². The van der Waals surface area contributed by atoms with Crippen molar-refractivity contribution >= 4 is 27.6 Å². The molecule has 0 aliphatic carbocycles. The lowest BCUT2D eigenvalue weighted by Crippen LogP contribution is -2.68. The SMILES string of the molecule is CC(=O)C(NC(=O)CN1C(=O)C(C)(C)S1(=O)=O)C(C)C. The molecule has 8 heteroatoms. The molecule has 1 rings (SSSR count). The molecule has 1 heterocycles. The van der Waals surface area contributed by atoms with Crippen molar-refractivity contribution < 1.29 is 22.8 Å². The largest absolute Gasteiger partial charge is 0.344 e. The fourth-order valence-corrected chi connectivity index (χ4v) is 3.48. The molecule has 1 saturated heterocycles. The van der Waals surface area contributed by atoms with Gasteiger partial charge in [0.05, 0.1) is 6.04 Å². The van der Waals surface area contributed by atoms with Crippen molar-refractivity contribution in [1.29, 1.82) is 0 Å². The summed E-state index contributed by atoms with van der Waals surface area (Å²) in [4.78, 5) is 34.8. The number of carbonyl (C=O) groups excluding carboxylic acids is 3. The van der Waals surface area contributed by atoms with E-state index in [2.05, 4.69) is 5.32 Å². The van der Waals surface area contributed by atoms with Gasteiger partial charge in [-0.05, 0) is 26.7 Å². The zero-order valence-corrected chi connectivity index (χ0v) is 13.1. The van der Waals surface area contributed by atoms with E-state index in [9.17, 15) is 22.8 Å². The Balaban J connectivity index is 2.74. The number of hydrogen-bond acceptors (Lipinski definition) is 5. The molecule has 2 amide bonds. The van der Waals surface area contributed by atoms with Crippen LogP contribution in [-0.2, 0) is 24.4 Å². The number of nitrogens with one attached hydrogen (secondary N) is 1. The van der Waals surface area contributed by atoms with Crippen molar-refractivity contribution in [3.63, 3.8) is 0 Å². The van der Waals surface area contributed by atoms with Gasteiger partial charge in [-0.1, -0.05) is 13.8 Å². The van der Waals surface area contributed by atoms with Gasteiger partial charge in [0.25, 0.3) is 15.9 Å². The summed E-state index contributed by atoms with van der Waals surface area (Å²) in [6, 6.07) is -0.686. The molecule has 0 aromatic heterocycles. The quantitative estimate of drug-likeness (QED) is 0.749. The Labute approximate surface area is 118 Å². The molecule has 0 radical (unpaired) electrons. The Morgan fingerprint density at radius 1 is 1.30 bits per heavy atom. The number of ketones is 1. The minimum atomic E-state index is -3.78. The van der Waals surface area contributed by atoms with E-state index in [-0.39, 0.29) is 11.7 Å². The molecule has 0 aromatic rings. The molecule has 1 atom stereocenters. The average Bonchev–Trinajstić information content (AvgIpc) is 2.30. The summed E-state index contributed by atoms with van der Waals surface area (Å²) in [6.45, 7) is 6.89. The minimum Gasteiger partial charge on any atom is -0.344 e.